The molecule has 1 atom stereocenters. The number of thiazole rings is 1. The van der Waals surface area contributed by atoms with Crippen LogP contribution in [0.5, 0.6) is 5.88 Å². The number of ketones is 1. The molecule has 1 fully saturated rings. The molecule has 9 nitrogen and oxygen atoms in total. The van der Waals surface area contributed by atoms with E-state index in [0.29, 0.717) is 41.8 Å². The third-order valence-corrected chi connectivity index (χ3v) is 8.08. The summed E-state index contributed by atoms with van der Waals surface area (Å²) in [5.41, 5.74) is 2.97. The van der Waals surface area contributed by atoms with Gasteiger partial charge < -0.3 is 4.74 Å². The molecule has 1 aromatic carbocycles. The predicted octanol–water partition coefficient (Wildman–Crippen LogP) is 3.32. The summed E-state index contributed by atoms with van der Waals surface area (Å²) < 4.78 is 32.3. The molecule has 0 spiro atoms. The quantitative estimate of drug-likeness (QED) is 0.426. The summed E-state index contributed by atoms with van der Waals surface area (Å²) in [5.74, 6) is 0.438. The lowest BCUT2D eigenvalue weighted by atomic mass is 10.00. The molecule has 0 saturated heterocycles. The molecule has 180 valence electrons. The van der Waals surface area contributed by atoms with Crippen molar-refractivity contribution in [2.24, 2.45) is 0 Å². The van der Waals surface area contributed by atoms with Gasteiger partial charge in [-0.25, -0.2) is 18.4 Å². The van der Waals surface area contributed by atoms with Crippen molar-refractivity contribution >= 4 is 32.3 Å². The zero-order chi connectivity index (χ0) is 24.3. The fourth-order valence-corrected chi connectivity index (χ4v) is 5.88. The third kappa shape index (κ3) is 5.78. The Morgan fingerprint density at radius 2 is 1.94 bits per heavy atom. The zero-order valence-corrected chi connectivity index (χ0v) is 20.9. The number of Topliss-reactive ketones (excluding diaryl/α,β-unsaturated/α-hetero) is 1. The van der Waals surface area contributed by atoms with Crippen LogP contribution in [0.3, 0.4) is 0 Å². The molecule has 0 amide bonds. The van der Waals surface area contributed by atoms with Gasteiger partial charge in [0.1, 0.15) is 6.04 Å². The van der Waals surface area contributed by atoms with Crippen LogP contribution in [0, 0.1) is 0 Å². The Kier molecular flexibility index (Phi) is 7.24. The SMILES string of the molecule is CCOc1cncc(-c2ccc(CC(=O)C(c3csc(NS(=O)(=O)C4CC4)n3)N(C)C)cc2)n1. The number of anilines is 1. The van der Waals surface area contributed by atoms with Crippen LogP contribution in [0.15, 0.2) is 42.0 Å². The maximum Gasteiger partial charge on any atom is 0.237 e. The molecule has 2 heterocycles. The van der Waals surface area contributed by atoms with Crippen molar-refractivity contribution in [2.45, 2.75) is 37.5 Å². The van der Waals surface area contributed by atoms with Crippen molar-refractivity contribution in [1.29, 1.82) is 0 Å². The number of carbonyl (C=O) groups excluding carboxylic acids is 1. The highest BCUT2D eigenvalue weighted by atomic mass is 32.2. The Hall–Kier alpha value is -2.89. The Bertz CT molecular complexity index is 1250. The summed E-state index contributed by atoms with van der Waals surface area (Å²) in [5, 5.41) is 1.70. The van der Waals surface area contributed by atoms with E-state index in [1.54, 1.807) is 22.7 Å². The maximum atomic E-state index is 13.2. The average molecular weight is 502 g/mol. The van der Waals surface area contributed by atoms with Crippen LogP contribution in [0.25, 0.3) is 11.3 Å². The largest absolute Gasteiger partial charge is 0.477 e. The van der Waals surface area contributed by atoms with E-state index in [1.807, 2.05) is 45.3 Å². The molecule has 0 aliphatic heterocycles. The summed E-state index contributed by atoms with van der Waals surface area (Å²) in [4.78, 5) is 28.0. The van der Waals surface area contributed by atoms with Crippen LogP contribution < -0.4 is 9.46 Å². The normalized spacial score (nSPS) is 14.7. The molecular weight excluding hydrogens is 474 g/mol. The fraction of sp³-hybridized carbons (Fsp3) is 0.391. The second kappa shape index (κ2) is 10.2. The van der Waals surface area contributed by atoms with Gasteiger partial charge in [-0.2, -0.15) is 0 Å². The van der Waals surface area contributed by atoms with Gasteiger partial charge >= 0.3 is 0 Å². The molecule has 0 radical (unpaired) electrons. The van der Waals surface area contributed by atoms with Gasteiger partial charge in [0.05, 0.1) is 35.6 Å². The first kappa shape index (κ1) is 24.2. The maximum absolute atomic E-state index is 13.2. The first-order valence-electron chi connectivity index (χ1n) is 11.0. The van der Waals surface area contributed by atoms with Crippen molar-refractivity contribution in [3.8, 4) is 17.1 Å². The van der Waals surface area contributed by atoms with E-state index in [4.69, 9.17) is 4.74 Å². The van der Waals surface area contributed by atoms with E-state index in [0.717, 1.165) is 11.1 Å². The van der Waals surface area contributed by atoms with Gasteiger partial charge in [0.25, 0.3) is 0 Å². The smallest absolute Gasteiger partial charge is 0.237 e. The molecule has 1 unspecified atom stereocenters. The van der Waals surface area contributed by atoms with Crippen molar-refractivity contribution in [3.63, 3.8) is 0 Å². The number of ether oxygens (including phenoxy) is 1. The molecule has 34 heavy (non-hydrogen) atoms. The topological polar surface area (TPSA) is 114 Å². The standard InChI is InChI=1S/C23H27N5O4S2/c1-4-32-21-13-24-12-18(25-21)16-7-5-15(6-8-16)11-20(29)22(28(2)3)19-14-33-23(26-19)27-34(30,31)17-9-10-17/h5-8,12-14,17,22H,4,9-11H2,1-3H3,(H,26,27). The van der Waals surface area contributed by atoms with E-state index >= 15 is 0 Å². The van der Waals surface area contributed by atoms with Crippen LogP contribution >= 0.6 is 11.3 Å². The van der Waals surface area contributed by atoms with Gasteiger partial charge in [-0.3, -0.25) is 19.4 Å². The lowest BCUT2D eigenvalue weighted by Crippen LogP contribution is -2.29. The van der Waals surface area contributed by atoms with Crippen molar-refractivity contribution in [1.82, 2.24) is 19.9 Å². The van der Waals surface area contributed by atoms with Crippen molar-refractivity contribution in [2.75, 3.05) is 25.4 Å². The average Bonchev–Trinajstić information content (AvgIpc) is 3.57. The number of nitrogens with one attached hydrogen (secondary N) is 1. The molecule has 3 aromatic rings. The van der Waals surface area contributed by atoms with Crippen LogP contribution in [0.4, 0.5) is 5.13 Å². The molecule has 1 aliphatic carbocycles. The Morgan fingerprint density at radius 1 is 1.21 bits per heavy atom. The molecule has 1 aliphatic rings. The Balaban J connectivity index is 1.45. The van der Waals surface area contributed by atoms with Gasteiger partial charge in [0.2, 0.25) is 15.9 Å². The second-order valence-corrected chi connectivity index (χ2v) is 11.1. The predicted molar refractivity (Wildman–Crippen MR) is 131 cm³/mol. The van der Waals surface area contributed by atoms with Gasteiger partial charge in [-0.1, -0.05) is 24.3 Å². The Morgan fingerprint density at radius 3 is 2.59 bits per heavy atom. The number of sulfonamides is 1. The minimum atomic E-state index is -3.39. The van der Waals surface area contributed by atoms with E-state index in [2.05, 4.69) is 19.7 Å². The van der Waals surface area contributed by atoms with Crippen LogP contribution in [-0.2, 0) is 21.2 Å². The lowest BCUT2D eigenvalue weighted by Gasteiger charge is -2.21. The first-order valence-corrected chi connectivity index (χ1v) is 13.4. The molecule has 11 heteroatoms. The van der Waals surface area contributed by atoms with Crippen molar-refractivity contribution in [3.05, 3.63) is 53.3 Å². The van der Waals surface area contributed by atoms with E-state index in [-0.39, 0.29) is 17.5 Å². The number of benzene rings is 1. The fourth-order valence-electron chi connectivity index (χ4n) is 3.56. The number of carbonyl (C=O) groups is 1. The third-order valence-electron chi connectivity index (χ3n) is 5.35. The zero-order valence-electron chi connectivity index (χ0n) is 19.3. The monoisotopic (exact) mass is 501 g/mol. The summed E-state index contributed by atoms with van der Waals surface area (Å²) in [7, 11) is 0.225. The summed E-state index contributed by atoms with van der Waals surface area (Å²) in [6.45, 7) is 2.40. The highest BCUT2D eigenvalue weighted by Crippen LogP contribution is 2.32. The van der Waals surface area contributed by atoms with E-state index in [9.17, 15) is 13.2 Å². The molecule has 1 N–H and O–H groups in total. The van der Waals surface area contributed by atoms with E-state index in [1.165, 1.54) is 11.3 Å². The molecule has 1 saturated carbocycles. The number of aromatic nitrogens is 3. The van der Waals surface area contributed by atoms with Crippen LogP contribution in [0.2, 0.25) is 0 Å². The van der Waals surface area contributed by atoms with E-state index < -0.39 is 16.1 Å². The number of hydrogen-bond acceptors (Lipinski definition) is 9. The van der Waals surface area contributed by atoms with Gasteiger partial charge in [-0.15, -0.1) is 11.3 Å². The highest BCUT2D eigenvalue weighted by molar-refractivity contribution is 7.93. The number of likely N-dealkylation sites (N-methyl/N-ethyl adjacent to an activating group) is 1. The second-order valence-electron chi connectivity index (χ2n) is 8.31. The summed E-state index contributed by atoms with van der Waals surface area (Å²) in [6.07, 6.45) is 4.81. The summed E-state index contributed by atoms with van der Waals surface area (Å²) in [6, 6.07) is 7.02. The van der Waals surface area contributed by atoms with Crippen LogP contribution in [-0.4, -0.2) is 60.0 Å². The molecule has 0 bridgehead atoms. The first-order chi connectivity index (χ1) is 16.3. The molecule has 2 aromatic heterocycles. The van der Waals surface area contributed by atoms with Crippen LogP contribution in [0.1, 0.15) is 37.1 Å². The van der Waals surface area contributed by atoms with Crippen molar-refractivity contribution < 1.29 is 17.9 Å². The molecular formula is C23H27N5O4S2. The Labute approximate surface area is 203 Å². The summed E-state index contributed by atoms with van der Waals surface area (Å²) >= 11 is 1.19. The van der Waals surface area contributed by atoms with Gasteiger partial charge in [0, 0.05) is 17.4 Å². The number of hydrogen-bond donors (Lipinski definition) is 1. The minimum Gasteiger partial charge on any atom is -0.477 e. The van der Waals surface area contributed by atoms with Gasteiger partial charge in [0.15, 0.2) is 10.9 Å². The molecule has 4 rings (SSSR count). The van der Waals surface area contributed by atoms with Gasteiger partial charge in [-0.05, 0) is 39.4 Å². The lowest BCUT2D eigenvalue weighted by molar-refractivity contribution is -0.123. The number of rotatable bonds is 11. The highest BCUT2D eigenvalue weighted by Gasteiger charge is 2.36. The minimum absolute atomic E-state index is 0.0298. The number of nitrogens with zero attached hydrogens (tertiary/aromatic N) is 4.